The average Bonchev–Trinajstić information content (AvgIpc) is 3.42. The highest BCUT2D eigenvalue weighted by molar-refractivity contribution is 6.31. The molecule has 0 fully saturated rings. The largest absolute Gasteiger partial charge is 0.493 e. The first-order chi connectivity index (χ1) is 15.1. The minimum atomic E-state index is -0.353. The van der Waals surface area contributed by atoms with E-state index in [4.69, 9.17) is 27.9 Å². The Bertz CT molecular complexity index is 1200. The first-order valence-electron chi connectivity index (χ1n) is 9.75. The Morgan fingerprint density at radius 2 is 1.61 bits per heavy atom. The van der Waals surface area contributed by atoms with Crippen molar-refractivity contribution < 1.29 is 9.53 Å². The molecule has 0 spiro atoms. The molecule has 154 valence electrons. The molecule has 0 atom stereocenters. The summed E-state index contributed by atoms with van der Waals surface area (Å²) in [6.45, 7) is 0.667. The number of fused-ring (bicyclic) bond motifs is 1. The number of hydrogen-bond acceptors (Lipinski definition) is 3. The topological polar surface area (TPSA) is 56.1 Å². The zero-order chi connectivity index (χ0) is 21.4. The van der Waals surface area contributed by atoms with Gasteiger partial charge in [0.05, 0.1) is 6.61 Å². The Morgan fingerprint density at radius 3 is 2.32 bits per heavy atom. The van der Waals surface area contributed by atoms with Crippen LogP contribution in [0.5, 0.6) is 5.75 Å². The van der Waals surface area contributed by atoms with Crippen LogP contribution in [0.4, 0.5) is 10.5 Å². The van der Waals surface area contributed by atoms with Gasteiger partial charge < -0.3 is 10.1 Å². The van der Waals surface area contributed by atoms with E-state index < -0.39 is 0 Å². The molecule has 0 radical (unpaired) electrons. The lowest BCUT2D eigenvalue weighted by Crippen LogP contribution is -2.20. The second-order valence-corrected chi connectivity index (χ2v) is 8.07. The van der Waals surface area contributed by atoms with Crippen LogP contribution in [0, 0.1) is 0 Å². The molecule has 7 heteroatoms. The lowest BCUT2D eigenvalue weighted by Gasteiger charge is -2.06. The number of carbonyl (C=O) groups excluding carboxylic acids is 1. The summed E-state index contributed by atoms with van der Waals surface area (Å²) in [5.41, 5.74) is 5.04. The second-order valence-electron chi connectivity index (χ2n) is 7.20. The van der Waals surface area contributed by atoms with E-state index in [2.05, 4.69) is 10.4 Å². The maximum absolute atomic E-state index is 13.0. The van der Waals surface area contributed by atoms with Gasteiger partial charge in [-0.05, 0) is 53.6 Å². The Balaban J connectivity index is 1.51. The van der Waals surface area contributed by atoms with Crippen molar-refractivity contribution in [2.75, 3.05) is 11.9 Å². The van der Waals surface area contributed by atoms with Crippen molar-refractivity contribution in [1.29, 1.82) is 0 Å². The Labute approximate surface area is 189 Å². The van der Waals surface area contributed by atoms with E-state index >= 15 is 0 Å². The number of nitrogens with zero attached hydrogens (tertiary/aromatic N) is 2. The smallest absolute Gasteiger partial charge is 0.346 e. The summed E-state index contributed by atoms with van der Waals surface area (Å²) in [5.74, 6) is 0.868. The molecule has 1 amide bonds. The minimum Gasteiger partial charge on any atom is -0.493 e. The van der Waals surface area contributed by atoms with Crippen molar-refractivity contribution >= 4 is 34.9 Å². The number of aromatic nitrogens is 2. The summed E-state index contributed by atoms with van der Waals surface area (Å²) in [6.07, 6.45) is 2.56. The van der Waals surface area contributed by atoms with Gasteiger partial charge in [0, 0.05) is 39.5 Å². The van der Waals surface area contributed by atoms with E-state index in [0.717, 1.165) is 34.4 Å². The van der Waals surface area contributed by atoms with Gasteiger partial charge in [-0.15, -0.1) is 0 Å². The Hall–Kier alpha value is -3.28. The highest BCUT2D eigenvalue weighted by Gasteiger charge is 2.18. The SMILES string of the molecule is O=C(Nc1ccc2c(c1)CCO2)n1cc(-c2ccc(Cl)cc2)c(-c2ccc(Cl)cc2)n1. The quantitative estimate of drug-likeness (QED) is 0.386. The van der Waals surface area contributed by atoms with E-state index in [1.54, 1.807) is 18.3 Å². The van der Waals surface area contributed by atoms with Crippen LogP contribution in [-0.2, 0) is 6.42 Å². The third-order valence-electron chi connectivity index (χ3n) is 5.14. The lowest BCUT2D eigenvalue weighted by atomic mass is 10.0. The maximum Gasteiger partial charge on any atom is 0.346 e. The lowest BCUT2D eigenvalue weighted by molar-refractivity contribution is 0.251. The first-order valence-corrected chi connectivity index (χ1v) is 10.5. The van der Waals surface area contributed by atoms with Crippen LogP contribution in [0.3, 0.4) is 0 Å². The van der Waals surface area contributed by atoms with Gasteiger partial charge in [0.1, 0.15) is 11.4 Å². The summed E-state index contributed by atoms with van der Waals surface area (Å²) < 4.78 is 6.84. The molecule has 0 unspecified atom stereocenters. The van der Waals surface area contributed by atoms with Crippen LogP contribution in [0.25, 0.3) is 22.4 Å². The summed E-state index contributed by atoms with van der Waals surface area (Å²) in [6, 6.07) is 20.1. The number of ether oxygens (including phenoxy) is 1. The highest BCUT2D eigenvalue weighted by atomic mass is 35.5. The molecular weight excluding hydrogens is 433 g/mol. The molecule has 3 aromatic carbocycles. The normalized spacial score (nSPS) is 12.3. The molecule has 5 nitrogen and oxygen atoms in total. The van der Waals surface area contributed by atoms with Crippen LogP contribution in [0.15, 0.2) is 72.9 Å². The number of benzene rings is 3. The molecule has 1 aliphatic heterocycles. The van der Waals surface area contributed by atoms with E-state index in [-0.39, 0.29) is 6.03 Å². The summed E-state index contributed by atoms with van der Waals surface area (Å²) in [4.78, 5) is 13.0. The van der Waals surface area contributed by atoms with Crippen molar-refractivity contribution in [3.63, 3.8) is 0 Å². The zero-order valence-corrected chi connectivity index (χ0v) is 17.8. The number of nitrogens with one attached hydrogen (secondary N) is 1. The molecule has 1 N–H and O–H groups in total. The van der Waals surface area contributed by atoms with Crippen molar-refractivity contribution in [3.8, 4) is 28.1 Å². The molecule has 0 bridgehead atoms. The van der Waals surface area contributed by atoms with Gasteiger partial charge in [0.15, 0.2) is 0 Å². The van der Waals surface area contributed by atoms with E-state index in [9.17, 15) is 4.79 Å². The zero-order valence-electron chi connectivity index (χ0n) is 16.3. The molecule has 31 heavy (non-hydrogen) atoms. The van der Waals surface area contributed by atoms with Crippen molar-refractivity contribution in [1.82, 2.24) is 9.78 Å². The van der Waals surface area contributed by atoms with Crippen LogP contribution >= 0.6 is 23.2 Å². The third-order valence-corrected chi connectivity index (χ3v) is 5.64. The first kappa shape index (κ1) is 19.7. The van der Waals surface area contributed by atoms with Gasteiger partial charge in [0.2, 0.25) is 0 Å². The summed E-state index contributed by atoms with van der Waals surface area (Å²) in [7, 11) is 0. The number of carbonyl (C=O) groups is 1. The van der Waals surface area contributed by atoms with Gasteiger partial charge in [0.25, 0.3) is 0 Å². The van der Waals surface area contributed by atoms with Crippen LogP contribution in [0.2, 0.25) is 10.0 Å². The molecule has 2 heterocycles. The van der Waals surface area contributed by atoms with Gasteiger partial charge >= 0.3 is 6.03 Å². The standard InChI is InChI=1S/C24H17Cl2N3O2/c25-18-5-1-15(2-6-18)21-14-29(28-23(21)16-3-7-19(26)8-4-16)24(30)27-20-9-10-22-17(13-20)11-12-31-22/h1-10,13-14H,11-12H2,(H,27,30). The Morgan fingerprint density at radius 1 is 0.935 bits per heavy atom. The molecule has 1 aromatic heterocycles. The van der Waals surface area contributed by atoms with Gasteiger partial charge in [-0.1, -0.05) is 47.5 Å². The monoisotopic (exact) mass is 449 g/mol. The molecule has 0 saturated carbocycles. The summed E-state index contributed by atoms with van der Waals surface area (Å²) >= 11 is 12.1. The predicted octanol–water partition coefficient (Wildman–Crippen LogP) is 6.54. The molecule has 5 rings (SSSR count). The van der Waals surface area contributed by atoms with E-state index in [1.165, 1.54) is 4.68 Å². The molecule has 1 aliphatic rings. The van der Waals surface area contributed by atoms with Crippen LogP contribution in [-0.4, -0.2) is 22.4 Å². The number of anilines is 1. The van der Waals surface area contributed by atoms with Crippen molar-refractivity contribution in [3.05, 3.63) is 88.5 Å². The van der Waals surface area contributed by atoms with Crippen molar-refractivity contribution in [2.24, 2.45) is 0 Å². The van der Waals surface area contributed by atoms with E-state index in [1.807, 2.05) is 54.6 Å². The second kappa shape index (κ2) is 8.10. The Kier molecular flexibility index (Phi) is 5.14. The fourth-order valence-electron chi connectivity index (χ4n) is 3.58. The van der Waals surface area contributed by atoms with Gasteiger partial charge in [-0.3, -0.25) is 0 Å². The molecule has 0 aliphatic carbocycles. The van der Waals surface area contributed by atoms with Crippen LogP contribution < -0.4 is 10.1 Å². The number of rotatable bonds is 3. The molecular formula is C24H17Cl2N3O2. The number of halogens is 2. The summed E-state index contributed by atoms with van der Waals surface area (Å²) in [5, 5.41) is 8.77. The van der Waals surface area contributed by atoms with E-state index in [0.29, 0.717) is 28.0 Å². The van der Waals surface area contributed by atoms with Gasteiger partial charge in [-0.25, -0.2) is 4.79 Å². The highest BCUT2D eigenvalue weighted by Crippen LogP contribution is 2.33. The number of amides is 1. The average molecular weight is 450 g/mol. The maximum atomic E-state index is 13.0. The predicted molar refractivity (Wildman–Crippen MR) is 123 cm³/mol. The fourth-order valence-corrected chi connectivity index (χ4v) is 3.84. The van der Waals surface area contributed by atoms with Gasteiger partial charge in [-0.2, -0.15) is 9.78 Å². The fraction of sp³-hybridized carbons (Fsp3) is 0.0833. The molecule has 0 saturated heterocycles. The van der Waals surface area contributed by atoms with Crippen LogP contribution in [0.1, 0.15) is 5.56 Å². The number of hydrogen-bond donors (Lipinski definition) is 1. The minimum absolute atomic E-state index is 0.353. The molecule has 4 aromatic rings. The van der Waals surface area contributed by atoms with Crippen molar-refractivity contribution in [2.45, 2.75) is 6.42 Å². The third kappa shape index (κ3) is 4.02.